The highest BCUT2D eigenvalue weighted by Crippen LogP contribution is 2.63. The molecule has 0 amide bonds. The Morgan fingerprint density at radius 1 is 1.40 bits per heavy atom. The molecule has 0 bridgehead atoms. The minimum Gasteiger partial charge on any atom is -0.245 e. The van der Waals surface area contributed by atoms with Crippen molar-refractivity contribution >= 4 is 14.1 Å². The van der Waals surface area contributed by atoms with Crippen LogP contribution < -0.4 is 5.09 Å². The fourth-order valence-corrected chi connectivity index (χ4v) is 2.57. The topological polar surface area (TPSA) is 56.8 Å². The van der Waals surface area contributed by atoms with Gasteiger partial charge in [-0.25, -0.2) is 9.32 Å². The fraction of sp³-hybridized carbons (Fsp3) is 0.750. The van der Waals surface area contributed by atoms with Crippen molar-refractivity contribution in [1.82, 2.24) is 5.09 Å². The van der Waals surface area contributed by atoms with Gasteiger partial charge in [0.2, 0.25) is 0 Å². The highest BCUT2D eigenvalue weighted by molar-refractivity contribution is 7.60. The maximum atomic E-state index is 10.6. The molecule has 0 saturated carbocycles. The lowest BCUT2D eigenvalue weighted by atomic mass is 10.7. The van der Waals surface area contributed by atoms with Crippen molar-refractivity contribution in [1.29, 1.82) is 0 Å². The zero-order chi connectivity index (χ0) is 7.03. The molecule has 5 nitrogen and oxygen atoms in total. The summed E-state index contributed by atoms with van der Waals surface area (Å²) in [5.41, 5.74) is 0. The van der Waals surface area contributed by atoms with Crippen molar-refractivity contribution in [3.05, 3.63) is 0 Å². The van der Waals surface area contributed by atoms with Gasteiger partial charge in [-0.3, -0.25) is 0 Å². The lowest BCUT2D eigenvalue weighted by Gasteiger charge is -2.03. The van der Waals surface area contributed by atoms with E-state index < -0.39 is 8.09 Å². The van der Waals surface area contributed by atoms with Crippen LogP contribution in [0.2, 0.25) is 0 Å². The van der Waals surface area contributed by atoms with Gasteiger partial charge in [0.1, 0.15) is 19.8 Å². The molecule has 2 aliphatic rings. The Kier molecular flexibility index (Phi) is 1.38. The van der Waals surface area contributed by atoms with E-state index in [9.17, 15) is 4.79 Å². The van der Waals surface area contributed by atoms with Crippen LogP contribution in [0.1, 0.15) is 0 Å². The molecule has 2 heterocycles. The van der Waals surface area contributed by atoms with E-state index in [1.807, 2.05) is 0 Å². The van der Waals surface area contributed by atoms with E-state index >= 15 is 0 Å². The molecule has 2 rings (SSSR count). The van der Waals surface area contributed by atoms with E-state index in [0.29, 0.717) is 13.2 Å². The van der Waals surface area contributed by atoms with E-state index in [4.69, 9.17) is 13.6 Å². The highest BCUT2D eigenvalue weighted by atomic mass is 31.2. The monoisotopic (exact) mass is 164 g/mol. The highest BCUT2D eigenvalue weighted by Gasteiger charge is 2.58. The SMILES string of the molecule is O=C1CN[P+]2(OCCO2)O1. The average molecular weight is 164 g/mol. The summed E-state index contributed by atoms with van der Waals surface area (Å²) in [5, 5.41) is 2.78. The third-order valence-electron chi connectivity index (χ3n) is 1.24. The lowest BCUT2D eigenvalue weighted by Crippen LogP contribution is -2.09. The molecule has 0 atom stereocenters. The molecule has 2 aliphatic heterocycles. The van der Waals surface area contributed by atoms with Crippen molar-refractivity contribution < 1.29 is 18.4 Å². The molecule has 1 N–H and O–H groups in total. The number of hydrogen-bond acceptors (Lipinski definition) is 5. The molecule has 0 aromatic carbocycles. The third-order valence-corrected chi connectivity index (χ3v) is 3.28. The summed E-state index contributed by atoms with van der Waals surface area (Å²) in [6, 6.07) is 0. The molecule has 0 aliphatic carbocycles. The summed E-state index contributed by atoms with van der Waals surface area (Å²) in [4.78, 5) is 10.6. The van der Waals surface area contributed by atoms with Crippen molar-refractivity contribution in [3.63, 3.8) is 0 Å². The van der Waals surface area contributed by atoms with Gasteiger partial charge in [0, 0.05) is 0 Å². The zero-order valence-electron chi connectivity index (χ0n) is 5.20. The number of rotatable bonds is 0. The Labute approximate surface area is 58.3 Å². The van der Waals surface area contributed by atoms with Crippen molar-refractivity contribution in [2.75, 3.05) is 19.8 Å². The normalized spacial score (nSPS) is 29.4. The standard InChI is InChI=1S/C4H7NO4P/c6-4-3-5-10(9-4)7-1-2-8-10/h5H,1-3H2/q+1. The second kappa shape index (κ2) is 2.13. The van der Waals surface area contributed by atoms with Gasteiger partial charge in [-0.15, -0.1) is 0 Å². The molecular weight excluding hydrogens is 157 g/mol. The van der Waals surface area contributed by atoms with Crippen molar-refractivity contribution in [2.45, 2.75) is 0 Å². The Morgan fingerprint density at radius 2 is 2.10 bits per heavy atom. The van der Waals surface area contributed by atoms with Crippen molar-refractivity contribution in [2.24, 2.45) is 0 Å². The predicted octanol–water partition coefficient (Wildman–Crippen LogP) is -0.143. The minimum absolute atomic E-state index is 0.202. The van der Waals surface area contributed by atoms with E-state index in [1.54, 1.807) is 0 Å². The molecule has 0 aromatic heterocycles. The maximum absolute atomic E-state index is 10.6. The van der Waals surface area contributed by atoms with Gasteiger partial charge in [0.25, 0.3) is 0 Å². The Morgan fingerprint density at radius 3 is 2.60 bits per heavy atom. The van der Waals surface area contributed by atoms with Gasteiger partial charge in [0.15, 0.2) is 0 Å². The second-order valence-electron chi connectivity index (χ2n) is 1.96. The smallest absolute Gasteiger partial charge is 0.245 e. The van der Waals surface area contributed by atoms with Gasteiger partial charge in [0.05, 0.1) is 0 Å². The third kappa shape index (κ3) is 0.914. The average Bonchev–Trinajstić information content (AvgIpc) is 2.46. The summed E-state index contributed by atoms with van der Waals surface area (Å²) in [5.74, 6) is -0.296. The van der Waals surface area contributed by atoms with Crippen LogP contribution in [0.25, 0.3) is 0 Å². The van der Waals surface area contributed by atoms with Gasteiger partial charge >= 0.3 is 14.1 Å². The van der Waals surface area contributed by atoms with Crippen LogP contribution in [0.15, 0.2) is 0 Å². The first-order chi connectivity index (χ1) is 4.81. The van der Waals surface area contributed by atoms with Gasteiger partial charge in [-0.2, -0.15) is 9.05 Å². The van der Waals surface area contributed by atoms with Gasteiger partial charge in [-0.05, 0) is 0 Å². The summed E-state index contributed by atoms with van der Waals surface area (Å²) in [7, 11) is -2.35. The van der Waals surface area contributed by atoms with Crippen LogP contribution in [-0.2, 0) is 18.4 Å². The van der Waals surface area contributed by atoms with Crippen molar-refractivity contribution in [3.8, 4) is 0 Å². The van der Waals surface area contributed by atoms with Crippen LogP contribution in [-0.4, -0.2) is 25.7 Å². The molecule has 1 spiro atoms. The first-order valence-corrected chi connectivity index (χ1v) is 4.51. The molecule has 10 heavy (non-hydrogen) atoms. The van der Waals surface area contributed by atoms with E-state index in [-0.39, 0.29) is 12.5 Å². The van der Waals surface area contributed by atoms with Gasteiger partial charge < -0.3 is 0 Å². The predicted molar refractivity (Wildman–Crippen MR) is 32.9 cm³/mol. The zero-order valence-corrected chi connectivity index (χ0v) is 6.10. The van der Waals surface area contributed by atoms with Crippen LogP contribution in [0.4, 0.5) is 0 Å². The Hall–Kier alpha value is -0.220. The number of carbonyl (C=O) groups is 1. The molecule has 2 fully saturated rings. The van der Waals surface area contributed by atoms with Crippen LogP contribution >= 0.6 is 8.09 Å². The fourth-order valence-electron chi connectivity index (χ4n) is 0.856. The van der Waals surface area contributed by atoms with Crippen LogP contribution in [0.5, 0.6) is 0 Å². The molecule has 0 aromatic rings. The minimum atomic E-state index is -2.35. The quantitative estimate of drug-likeness (QED) is 0.505. The largest absolute Gasteiger partial charge is 0.550 e. The van der Waals surface area contributed by atoms with Crippen LogP contribution in [0, 0.1) is 0 Å². The van der Waals surface area contributed by atoms with E-state index in [2.05, 4.69) is 5.09 Å². The molecular formula is C4H7NO4P+. The van der Waals surface area contributed by atoms with Crippen LogP contribution in [0.3, 0.4) is 0 Å². The molecule has 0 radical (unpaired) electrons. The summed E-state index contributed by atoms with van der Waals surface area (Å²) >= 11 is 0. The summed E-state index contributed by atoms with van der Waals surface area (Å²) in [6.07, 6.45) is 0. The Balaban J connectivity index is 2.09. The maximum Gasteiger partial charge on any atom is 0.550 e. The Bertz CT molecular complexity index is 167. The molecule has 56 valence electrons. The first-order valence-electron chi connectivity index (χ1n) is 2.96. The summed E-state index contributed by atoms with van der Waals surface area (Å²) in [6.45, 7) is 1.22. The second-order valence-corrected chi connectivity index (χ2v) is 3.97. The summed E-state index contributed by atoms with van der Waals surface area (Å²) < 4.78 is 15.0. The van der Waals surface area contributed by atoms with E-state index in [1.165, 1.54) is 0 Å². The number of carbonyl (C=O) groups excluding carboxylic acids is 1. The molecule has 0 unspecified atom stereocenters. The lowest BCUT2D eigenvalue weighted by molar-refractivity contribution is -0.131. The molecule has 2 saturated heterocycles. The van der Waals surface area contributed by atoms with E-state index in [0.717, 1.165) is 0 Å². The number of nitrogens with one attached hydrogen (secondary N) is 1. The number of hydrogen-bond donors (Lipinski definition) is 1. The first kappa shape index (κ1) is 6.49. The van der Waals surface area contributed by atoms with Gasteiger partial charge in [-0.1, -0.05) is 5.09 Å². The molecule has 6 heteroatoms.